The Labute approximate surface area is 159 Å². The Balaban J connectivity index is 1.32. The number of carbonyl (C=O) groups is 2. The summed E-state index contributed by atoms with van der Waals surface area (Å²) in [6.45, 7) is 2.78. The Morgan fingerprint density at radius 2 is 1.74 bits per heavy atom. The van der Waals surface area contributed by atoms with E-state index in [2.05, 4.69) is 10.00 Å². The fourth-order valence-electron chi connectivity index (χ4n) is 5.52. The summed E-state index contributed by atoms with van der Waals surface area (Å²) in [5.74, 6) is 1.35. The van der Waals surface area contributed by atoms with Crippen molar-refractivity contribution in [2.75, 3.05) is 19.7 Å². The van der Waals surface area contributed by atoms with Crippen LogP contribution in [0.1, 0.15) is 61.9 Å². The molecule has 0 aromatic carbocycles. The highest BCUT2D eigenvalue weighted by Crippen LogP contribution is 2.36. The van der Waals surface area contributed by atoms with Crippen LogP contribution < -0.4 is 4.74 Å². The van der Waals surface area contributed by atoms with Gasteiger partial charge in [0.05, 0.1) is 6.54 Å². The minimum atomic E-state index is -0.322. The molecule has 5 rings (SSSR count). The number of likely N-dealkylation sites (tertiary alicyclic amines) is 2. The van der Waals surface area contributed by atoms with E-state index < -0.39 is 0 Å². The van der Waals surface area contributed by atoms with E-state index in [9.17, 15) is 9.59 Å². The average molecular weight is 372 g/mol. The van der Waals surface area contributed by atoms with Crippen molar-refractivity contribution in [2.45, 2.75) is 70.0 Å². The standard InChI is InChI=1S/C20H28N4O3/c25-19(15-13-18-24(21-15)11-12-27-18)23-10-4-8-17(23)20(26)22-9-3-7-16(22)14-5-1-2-6-14/h13-14,16-17H,1-12H2/t16?,17-/m0/s1. The van der Waals surface area contributed by atoms with Crippen LogP contribution in [0.3, 0.4) is 0 Å². The third-order valence-electron chi connectivity index (χ3n) is 6.84. The summed E-state index contributed by atoms with van der Waals surface area (Å²) in [6, 6.07) is 1.78. The number of carbonyl (C=O) groups excluding carboxylic acids is 2. The van der Waals surface area contributed by atoms with E-state index in [1.165, 1.54) is 25.7 Å². The molecule has 1 saturated carbocycles. The molecule has 2 saturated heterocycles. The van der Waals surface area contributed by atoms with Crippen LogP contribution >= 0.6 is 0 Å². The quantitative estimate of drug-likeness (QED) is 0.815. The molecule has 146 valence electrons. The van der Waals surface area contributed by atoms with E-state index in [0.717, 1.165) is 32.2 Å². The normalized spacial score (nSPS) is 28.0. The zero-order valence-electron chi connectivity index (χ0n) is 15.8. The Morgan fingerprint density at radius 1 is 0.963 bits per heavy atom. The molecule has 2 amide bonds. The van der Waals surface area contributed by atoms with Crippen molar-refractivity contribution in [3.05, 3.63) is 11.8 Å². The van der Waals surface area contributed by atoms with Crippen LogP contribution in [0.15, 0.2) is 6.07 Å². The third kappa shape index (κ3) is 2.91. The topological polar surface area (TPSA) is 67.7 Å². The lowest BCUT2D eigenvalue weighted by atomic mass is 9.95. The predicted molar refractivity (Wildman–Crippen MR) is 98.5 cm³/mol. The molecule has 1 aromatic rings. The molecule has 0 N–H and O–H groups in total. The van der Waals surface area contributed by atoms with Crippen LogP contribution in [0.2, 0.25) is 0 Å². The summed E-state index contributed by atoms with van der Waals surface area (Å²) in [4.78, 5) is 30.3. The summed E-state index contributed by atoms with van der Waals surface area (Å²) in [5, 5.41) is 4.38. The van der Waals surface area contributed by atoms with Gasteiger partial charge in [0, 0.05) is 25.2 Å². The predicted octanol–water partition coefficient (Wildman–Crippen LogP) is 2.06. The zero-order valence-corrected chi connectivity index (χ0v) is 15.8. The van der Waals surface area contributed by atoms with E-state index in [1.807, 2.05) is 0 Å². The lowest BCUT2D eigenvalue weighted by molar-refractivity contribution is -0.137. The SMILES string of the molecule is O=C([C@@H]1CCCN1C(=O)c1cc2n(n1)CCO2)N1CCCC1C1CCCC1. The third-order valence-corrected chi connectivity index (χ3v) is 6.84. The van der Waals surface area contributed by atoms with E-state index in [0.29, 0.717) is 43.2 Å². The van der Waals surface area contributed by atoms with Gasteiger partial charge in [-0.25, -0.2) is 4.68 Å². The Bertz CT molecular complexity index is 718. The fourth-order valence-corrected chi connectivity index (χ4v) is 5.52. The van der Waals surface area contributed by atoms with Crippen LogP contribution in [-0.2, 0) is 11.3 Å². The van der Waals surface area contributed by atoms with Gasteiger partial charge < -0.3 is 14.5 Å². The van der Waals surface area contributed by atoms with Gasteiger partial charge in [-0.15, -0.1) is 0 Å². The maximum Gasteiger partial charge on any atom is 0.275 e. The molecule has 3 fully saturated rings. The summed E-state index contributed by atoms with van der Waals surface area (Å²) in [5.41, 5.74) is 0.401. The molecule has 0 spiro atoms. The van der Waals surface area contributed by atoms with Crippen LogP contribution in [-0.4, -0.2) is 63.2 Å². The van der Waals surface area contributed by atoms with Crippen molar-refractivity contribution in [2.24, 2.45) is 5.92 Å². The minimum Gasteiger partial charge on any atom is -0.476 e. The minimum absolute atomic E-state index is 0.132. The monoisotopic (exact) mass is 372 g/mol. The molecule has 1 aliphatic carbocycles. The first-order valence-corrected chi connectivity index (χ1v) is 10.5. The van der Waals surface area contributed by atoms with Crippen LogP contribution in [0.4, 0.5) is 0 Å². The smallest absolute Gasteiger partial charge is 0.275 e. The van der Waals surface area contributed by atoms with Gasteiger partial charge in [-0.2, -0.15) is 5.10 Å². The van der Waals surface area contributed by atoms with Gasteiger partial charge in [-0.05, 0) is 44.4 Å². The molecule has 1 aromatic heterocycles. The maximum absolute atomic E-state index is 13.4. The zero-order chi connectivity index (χ0) is 18.4. The summed E-state index contributed by atoms with van der Waals surface area (Å²) in [6.07, 6.45) is 8.97. The van der Waals surface area contributed by atoms with Crippen LogP contribution in [0.5, 0.6) is 5.88 Å². The maximum atomic E-state index is 13.4. The fraction of sp³-hybridized carbons (Fsp3) is 0.750. The number of amides is 2. The average Bonchev–Trinajstić information content (AvgIpc) is 3.48. The summed E-state index contributed by atoms with van der Waals surface area (Å²) < 4.78 is 7.21. The molecule has 2 atom stereocenters. The molecule has 27 heavy (non-hydrogen) atoms. The van der Waals surface area contributed by atoms with Gasteiger partial charge in [0.25, 0.3) is 5.91 Å². The largest absolute Gasteiger partial charge is 0.476 e. The molecule has 7 heteroatoms. The first-order valence-electron chi connectivity index (χ1n) is 10.5. The van der Waals surface area contributed by atoms with Crippen molar-refractivity contribution in [3.8, 4) is 5.88 Å². The summed E-state index contributed by atoms with van der Waals surface area (Å²) >= 11 is 0. The number of ether oxygens (including phenoxy) is 1. The molecule has 1 unspecified atom stereocenters. The van der Waals surface area contributed by atoms with Gasteiger partial charge >= 0.3 is 0 Å². The highest BCUT2D eigenvalue weighted by Gasteiger charge is 2.43. The molecular formula is C20H28N4O3. The number of nitrogens with zero attached hydrogens (tertiary/aromatic N) is 4. The van der Waals surface area contributed by atoms with E-state index in [-0.39, 0.29) is 17.9 Å². The van der Waals surface area contributed by atoms with Gasteiger partial charge in [0.1, 0.15) is 12.6 Å². The van der Waals surface area contributed by atoms with Crippen molar-refractivity contribution in [3.63, 3.8) is 0 Å². The molecular weight excluding hydrogens is 344 g/mol. The highest BCUT2D eigenvalue weighted by molar-refractivity contribution is 5.97. The Kier molecular flexibility index (Phi) is 4.32. The van der Waals surface area contributed by atoms with E-state index >= 15 is 0 Å². The Hall–Kier alpha value is -2.05. The van der Waals surface area contributed by atoms with E-state index in [1.54, 1.807) is 15.6 Å². The number of hydrogen-bond acceptors (Lipinski definition) is 4. The second-order valence-corrected chi connectivity index (χ2v) is 8.38. The molecule has 4 heterocycles. The van der Waals surface area contributed by atoms with Crippen molar-refractivity contribution in [1.29, 1.82) is 0 Å². The van der Waals surface area contributed by atoms with Crippen molar-refractivity contribution < 1.29 is 14.3 Å². The second kappa shape index (κ2) is 6.84. The molecule has 4 aliphatic rings. The molecule has 3 aliphatic heterocycles. The van der Waals surface area contributed by atoms with Gasteiger partial charge in [0.15, 0.2) is 5.69 Å². The lowest BCUT2D eigenvalue weighted by Crippen LogP contribution is -2.50. The first-order chi connectivity index (χ1) is 13.2. The molecule has 0 radical (unpaired) electrons. The van der Waals surface area contributed by atoms with Gasteiger partial charge in [-0.3, -0.25) is 9.59 Å². The molecule has 0 bridgehead atoms. The number of aromatic nitrogens is 2. The van der Waals surface area contributed by atoms with Crippen LogP contribution in [0.25, 0.3) is 0 Å². The Morgan fingerprint density at radius 3 is 2.56 bits per heavy atom. The van der Waals surface area contributed by atoms with Crippen molar-refractivity contribution >= 4 is 11.8 Å². The number of fused-ring (bicyclic) bond motifs is 1. The van der Waals surface area contributed by atoms with Crippen LogP contribution in [0, 0.1) is 5.92 Å². The summed E-state index contributed by atoms with van der Waals surface area (Å²) in [7, 11) is 0. The molecule has 7 nitrogen and oxygen atoms in total. The van der Waals surface area contributed by atoms with Gasteiger partial charge in [0.2, 0.25) is 11.8 Å². The lowest BCUT2D eigenvalue weighted by Gasteiger charge is -2.34. The first kappa shape index (κ1) is 17.1. The van der Waals surface area contributed by atoms with E-state index in [4.69, 9.17) is 4.74 Å². The number of hydrogen-bond donors (Lipinski definition) is 0. The van der Waals surface area contributed by atoms with Gasteiger partial charge in [-0.1, -0.05) is 12.8 Å². The second-order valence-electron chi connectivity index (χ2n) is 8.38. The highest BCUT2D eigenvalue weighted by atomic mass is 16.5. The van der Waals surface area contributed by atoms with Crippen molar-refractivity contribution in [1.82, 2.24) is 19.6 Å². The number of rotatable bonds is 3.